The number of hydrogen-bond acceptors (Lipinski definition) is 4. The summed E-state index contributed by atoms with van der Waals surface area (Å²) in [6.07, 6.45) is 1.49. The molecule has 1 heterocycles. The smallest absolute Gasteiger partial charge is 0.217 e. The maximum Gasteiger partial charge on any atom is 0.217 e. The molecule has 1 rings (SSSR count). The number of aromatic nitrogens is 2. The van der Waals surface area contributed by atoms with Crippen LogP contribution in [0.3, 0.4) is 0 Å². The Hall–Kier alpha value is -0.680. The van der Waals surface area contributed by atoms with Crippen molar-refractivity contribution in [2.45, 2.75) is 39.8 Å². The second kappa shape index (κ2) is 6.91. The van der Waals surface area contributed by atoms with Gasteiger partial charge in [-0.1, -0.05) is 0 Å². The molecule has 0 aliphatic heterocycles. The molecule has 17 heavy (non-hydrogen) atoms. The van der Waals surface area contributed by atoms with Gasteiger partial charge in [-0.3, -0.25) is 4.90 Å². The lowest BCUT2D eigenvalue weighted by molar-refractivity contribution is 0.140. The highest BCUT2D eigenvalue weighted by molar-refractivity contribution is 9.10. The average Bonchev–Trinajstić information content (AvgIpc) is 2.23. The molecule has 0 aliphatic rings. The predicted octanol–water partition coefficient (Wildman–Crippen LogP) is 2.74. The second-order valence-corrected chi connectivity index (χ2v) is 5.27. The van der Waals surface area contributed by atoms with Gasteiger partial charge < -0.3 is 4.74 Å². The zero-order valence-corrected chi connectivity index (χ0v) is 12.4. The summed E-state index contributed by atoms with van der Waals surface area (Å²) in [4.78, 5) is 10.4. The van der Waals surface area contributed by atoms with E-state index in [2.05, 4.69) is 58.5 Å². The molecule has 4 nitrogen and oxygen atoms in total. The molecule has 0 amide bonds. The number of hydrogen-bond donors (Lipinski definition) is 0. The summed E-state index contributed by atoms with van der Waals surface area (Å²) >= 11 is 3.29. The maximum atomic E-state index is 5.59. The first-order chi connectivity index (χ1) is 8.00. The van der Waals surface area contributed by atoms with Crippen molar-refractivity contribution in [3.63, 3.8) is 0 Å². The Morgan fingerprint density at radius 1 is 1.24 bits per heavy atom. The van der Waals surface area contributed by atoms with E-state index in [4.69, 9.17) is 4.74 Å². The number of halogens is 1. The van der Waals surface area contributed by atoms with Crippen molar-refractivity contribution in [3.05, 3.63) is 17.0 Å². The first kappa shape index (κ1) is 14.4. The van der Waals surface area contributed by atoms with E-state index in [1.165, 1.54) is 6.33 Å². The topological polar surface area (TPSA) is 38.2 Å². The third-order valence-corrected chi connectivity index (χ3v) is 2.97. The first-order valence-corrected chi connectivity index (χ1v) is 6.66. The lowest BCUT2D eigenvalue weighted by Gasteiger charge is -2.30. The summed E-state index contributed by atoms with van der Waals surface area (Å²) in [5.41, 5.74) is 0. The molecule has 0 N–H and O–H groups in total. The van der Waals surface area contributed by atoms with Gasteiger partial charge in [0.15, 0.2) is 0 Å². The van der Waals surface area contributed by atoms with Crippen molar-refractivity contribution in [1.29, 1.82) is 0 Å². The van der Waals surface area contributed by atoms with Gasteiger partial charge in [0.25, 0.3) is 0 Å². The fourth-order valence-corrected chi connectivity index (χ4v) is 2.05. The van der Waals surface area contributed by atoms with Gasteiger partial charge in [-0.2, -0.15) is 0 Å². The molecule has 0 fully saturated rings. The molecule has 0 bridgehead atoms. The monoisotopic (exact) mass is 301 g/mol. The Labute approximate surface area is 112 Å². The van der Waals surface area contributed by atoms with E-state index in [9.17, 15) is 0 Å². The van der Waals surface area contributed by atoms with Gasteiger partial charge in [0, 0.05) is 24.7 Å². The molecule has 0 aromatic carbocycles. The summed E-state index contributed by atoms with van der Waals surface area (Å²) in [7, 11) is 0. The van der Waals surface area contributed by atoms with Crippen LogP contribution in [0.5, 0.6) is 5.88 Å². The Bertz CT molecular complexity index is 336. The first-order valence-electron chi connectivity index (χ1n) is 5.86. The fourth-order valence-electron chi connectivity index (χ4n) is 1.76. The molecule has 0 radical (unpaired) electrons. The van der Waals surface area contributed by atoms with E-state index in [1.54, 1.807) is 6.07 Å². The molecule has 1 aromatic heterocycles. The Morgan fingerprint density at radius 3 is 2.41 bits per heavy atom. The van der Waals surface area contributed by atoms with Crippen molar-refractivity contribution in [3.8, 4) is 5.88 Å². The molecule has 0 saturated heterocycles. The van der Waals surface area contributed by atoms with Crippen molar-refractivity contribution in [2.75, 3.05) is 13.2 Å². The van der Waals surface area contributed by atoms with Gasteiger partial charge in [0.05, 0.1) is 0 Å². The molecule has 0 saturated carbocycles. The van der Waals surface area contributed by atoms with Gasteiger partial charge in [-0.05, 0) is 43.6 Å². The summed E-state index contributed by atoms with van der Waals surface area (Å²) in [5.74, 6) is 0.610. The number of ether oxygens (including phenoxy) is 1. The van der Waals surface area contributed by atoms with E-state index in [0.717, 1.165) is 11.1 Å². The highest BCUT2D eigenvalue weighted by atomic mass is 79.9. The SMILES string of the molecule is CC(C)N(CCOc1cc(Br)ncn1)C(C)C. The minimum atomic E-state index is 0.524. The van der Waals surface area contributed by atoms with Crippen molar-refractivity contribution >= 4 is 15.9 Å². The third kappa shape index (κ3) is 5.00. The van der Waals surface area contributed by atoms with Crippen LogP contribution in [0, 0.1) is 0 Å². The maximum absolute atomic E-state index is 5.59. The molecule has 1 aromatic rings. The quantitative estimate of drug-likeness (QED) is 0.757. The average molecular weight is 302 g/mol. The molecule has 5 heteroatoms. The standard InChI is InChI=1S/C12H20BrN3O/c1-9(2)16(10(3)4)5-6-17-12-7-11(13)14-8-15-12/h7-10H,5-6H2,1-4H3. The van der Waals surface area contributed by atoms with Gasteiger partial charge in [-0.25, -0.2) is 9.97 Å². The van der Waals surface area contributed by atoms with E-state index in [0.29, 0.717) is 24.6 Å². The van der Waals surface area contributed by atoms with Gasteiger partial charge >= 0.3 is 0 Å². The predicted molar refractivity (Wildman–Crippen MR) is 72.2 cm³/mol. The van der Waals surface area contributed by atoms with Crippen LogP contribution >= 0.6 is 15.9 Å². The molecular weight excluding hydrogens is 282 g/mol. The van der Waals surface area contributed by atoms with Gasteiger partial charge in [-0.15, -0.1) is 0 Å². The summed E-state index contributed by atoms with van der Waals surface area (Å²) in [6.45, 7) is 10.3. The van der Waals surface area contributed by atoms with Crippen LogP contribution in [0.1, 0.15) is 27.7 Å². The zero-order chi connectivity index (χ0) is 12.8. The molecule has 0 atom stereocenters. The van der Waals surface area contributed by atoms with Crippen molar-refractivity contribution < 1.29 is 4.74 Å². The van der Waals surface area contributed by atoms with Crippen LogP contribution in [0.2, 0.25) is 0 Å². The lowest BCUT2D eigenvalue weighted by atomic mass is 10.2. The summed E-state index contributed by atoms with van der Waals surface area (Å²) in [5, 5.41) is 0. The Kier molecular flexibility index (Phi) is 5.85. The summed E-state index contributed by atoms with van der Waals surface area (Å²) in [6, 6.07) is 2.82. The molecule has 0 aliphatic carbocycles. The van der Waals surface area contributed by atoms with Crippen LogP contribution in [0.15, 0.2) is 17.0 Å². The van der Waals surface area contributed by atoms with E-state index < -0.39 is 0 Å². The van der Waals surface area contributed by atoms with Crippen LogP contribution in [0.4, 0.5) is 0 Å². The summed E-state index contributed by atoms with van der Waals surface area (Å²) < 4.78 is 6.34. The fraction of sp³-hybridized carbons (Fsp3) is 0.667. The van der Waals surface area contributed by atoms with Gasteiger partial charge in [0.2, 0.25) is 5.88 Å². The Balaban J connectivity index is 2.41. The molecule has 0 spiro atoms. The largest absolute Gasteiger partial charge is 0.476 e. The highest BCUT2D eigenvalue weighted by Crippen LogP contribution is 2.12. The lowest BCUT2D eigenvalue weighted by Crippen LogP contribution is -2.39. The van der Waals surface area contributed by atoms with E-state index >= 15 is 0 Å². The van der Waals surface area contributed by atoms with E-state index in [1.807, 2.05) is 0 Å². The Morgan fingerprint density at radius 2 is 1.88 bits per heavy atom. The van der Waals surface area contributed by atoms with Gasteiger partial charge in [0.1, 0.15) is 17.5 Å². The minimum absolute atomic E-state index is 0.524. The van der Waals surface area contributed by atoms with Crippen LogP contribution in [0.25, 0.3) is 0 Å². The third-order valence-electron chi connectivity index (χ3n) is 2.53. The molecule has 96 valence electrons. The number of nitrogens with zero attached hydrogens (tertiary/aromatic N) is 3. The van der Waals surface area contributed by atoms with Crippen LogP contribution in [-0.4, -0.2) is 40.1 Å². The molecular formula is C12H20BrN3O. The van der Waals surface area contributed by atoms with Crippen molar-refractivity contribution in [2.24, 2.45) is 0 Å². The van der Waals surface area contributed by atoms with Crippen molar-refractivity contribution in [1.82, 2.24) is 14.9 Å². The zero-order valence-electron chi connectivity index (χ0n) is 10.9. The molecule has 0 unspecified atom stereocenters. The number of rotatable bonds is 6. The van der Waals surface area contributed by atoms with E-state index in [-0.39, 0.29) is 0 Å². The van der Waals surface area contributed by atoms with Crippen LogP contribution in [-0.2, 0) is 0 Å². The second-order valence-electron chi connectivity index (χ2n) is 4.45. The highest BCUT2D eigenvalue weighted by Gasteiger charge is 2.12. The van der Waals surface area contributed by atoms with Crippen LogP contribution < -0.4 is 4.74 Å². The minimum Gasteiger partial charge on any atom is -0.476 e. The normalized spacial score (nSPS) is 11.5.